The van der Waals surface area contributed by atoms with E-state index in [-0.39, 0.29) is 13.1 Å². The number of carboxylic acid groups (broad SMARTS) is 1. The molecule has 0 bridgehead atoms. The standard InChI is InChI=1S/C12H21NO5/c1-11(2,3)18-9(14)12(17-4)5-7-13(8-6-12)10(15)16/h5-8H2,1-4H3,(H,15,16). The molecule has 0 atom stereocenters. The van der Waals surface area contributed by atoms with Crippen LogP contribution in [0.5, 0.6) is 0 Å². The van der Waals surface area contributed by atoms with Crippen molar-refractivity contribution < 1.29 is 24.2 Å². The molecule has 0 aromatic rings. The summed E-state index contributed by atoms with van der Waals surface area (Å²) < 4.78 is 10.7. The molecule has 1 amide bonds. The van der Waals surface area contributed by atoms with E-state index < -0.39 is 23.3 Å². The van der Waals surface area contributed by atoms with Gasteiger partial charge in [0.1, 0.15) is 5.60 Å². The van der Waals surface area contributed by atoms with E-state index in [1.165, 1.54) is 12.0 Å². The lowest BCUT2D eigenvalue weighted by Gasteiger charge is -2.39. The van der Waals surface area contributed by atoms with Gasteiger partial charge in [-0.1, -0.05) is 0 Å². The molecule has 0 aromatic heterocycles. The third-order valence-corrected chi connectivity index (χ3v) is 3.00. The van der Waals surface area contributed by atoms with Crippen molar-refractivity contribution in [2.24, 2.45) is 0 Å². The van der Waals surface area contributed by atoms with Gasteiger partial charge < -0.3 is 19.5 Å². The number of amides is 1. The van der Waals surface area contributed by atoms with Crippen molar-refractivity contribution in [1.82, 2.24) is 4.90 Å². The molecule has 18 heavy (non-hydrogen) atoms. The Bertz CT molecular complexity index is 326. The third kappa shape index (κ3) is 3.35. The van der Waals surface area contributed by atoms with Crippen LogP contribution in [0.25, 0.3) is 0 Å². The van der Waals surface area contributed by atoms with Crippen LogP contribution in [0.4, 0.5) is 4.79 Å². The van der Waals surface area contributed by atoms with Gasteiger partial charge in [0.05, 0.1) is 0 Å². The van der Waals surface area contributed by atoms with E-state index >= 15 is 0 Å². The Kier molecular flexibility index (Phi) is 4.21. The number of carbonyl (C=O) groups is 2. The number of ether oxygens (including phenoxy) is 2. The predicted octanol–water partition coefficient (Wildman–Crippen LogP) is 1.49. The molecule has 1 fully saturated rings. The second kappa shape index (κ2) is 5.14. The van der Waals surface area contributed by atoms with E-state index in [9.17, 15) is 9.59 Å². The maximum absolute atomic E-state index is 12.1. The van der Waals surface area contributed by atoms with E-state index in [0.717, 1.165) is 0 Å². The number of esters is 1. The Balaban J connectivity index is 2.71. The molecule has 0 aromatic carbocycles. The molecule has 1 heterocycles. The Labute approximate surface area is 107 Å². The van der Waals surface area contributed by atoms with Crippen molar-refractivity contribution in [2.75, 3.05) is 20.2 Å². The van der Waals surface area contributed by atoms with Gasteiger partial charge >= 0.3 is 12.1 Å². The average Bonchev–Trinajstić information content (AvgIpc) is 2.26. The second-order valence-corrected chi connectivity index (χ2v) is 5.47. The lowest BCUT2D eigenvalue weighted by molar-refractivity contribution is -0.185. The molecular formula is C12H21NO5. The molecule has 104 valence electrons. The summed E-state index contributed by atoms with van der Waals surface area (Å²) in [5, 5.41) is 8.88. The van der Waals surface area contributed by atoms with Crippen molar-refractivity contribution in [3.63, 3.8) is 0 Å². The Morgan fingerprint density at radius 3 is 2.06 bits per heavy atom. The number of likely N-dealkylation sites (tertiary alicyclic amines) is 1. The molecule has 0 radical (unpaired) electrons. The number of carbonyl (C=O) groups excluding carboxylic acids is 1. The van der Waals surface area contributed by atoms with Crippen molar-refractivity contribution in [1.29, 1.82) is 0 Å². The van der Waals surface area contributed by atoms with E-state index in [0.29, 0.717) is 12.8 Å². The van der Waals surface area contributed by atoms with E-state index in [2.05, 4.69) is 0 Å². The molecule has 1 aliphatic heterocycles. The van der Waals surface area contributed by atoms with Crippen LogP contribution in [-0.2, 0) is 14.3 Å². The highest BCUT2D eigenvalue weighted by molar-refractivity contribution is 5.80. The van der Waals surface area contributed by atoms with Gasteiger partial charge in [0.15, 0.2) is 5.60 Å². The number of methoxy groups -OCH3 is 1. The molecule has 6 heteroatoms. The van der Waals surface area contributed by atoms with Crippen LogP contribution < -0.4 is 0 Å². The van der Waals surface area contributed by atoms with Gasteiger partial charge in [-0.3, -0.25) is 0 Å². The number of hydrogen-bond acceptors (Lipinski definition) is 4. The Hall–Kier alpha value is -1.30. The van der Waals surface area contributed by atoms with Gasteiger partial charge in [0.2, 0.25) is 0 Å². The number of piperidine rings is 1. The molecule has 0 spiro atoms. The summed E-state index contributed by atoms with van der Waals surface area (Å²) in [6.07, 6.45) is -0.320. The zero-order valence-corrected chi connectivity index (χ0v) is 11.4. The quantitative estimate of drug-likeness (QED) is 0.760. The molecule has 0 saturated carbocycles. The fourth-order valence-electron chi connectivity index (χ4n) is 1.92. The monoisotopic (exact) mass is 259 g/mol. The SMILES string of the molecule is COC1(C(=O)OC(C)(C)C)CCN(C(=O)O)CC1. The minimum atomic E-state index is -1.01. The van der Waals surface area contributed by atoms with Crippen molar-refractivity contribution in [2.45, 2.75) is 44.8 Å². The van der Waals surface area contributed by atoms with Gasteiger partial charge in [0.25, 0.3) is 0 Å². The van der Waals surface area contributed by atoms with Gasteiger partial charge in [-0.15, -0.1) is 0 Å². The first-order chi connectivity index (χ1) is 8.20. The number of hydrogen-bond donors (Lipinski definition) is 1. The summed E-state index contributed by atoms with van der Waals surface area (Å²) in [5.74, 6) is -0.414. The minimum absolute atomic E-state index is 0.280. The Morgan fingerprint density at radius 1 is 1.22 bits per heavy atom. The fraction of sp³-hybridized carbons (Fsp3) is 0.833. The Morgan fingerprint density at radius 2 is 1.72 bits per heavy atom. The third-order valence-electron chi connectivity index (χ3n) is 3.00. The van der Waals surface area contributed by atoms with Crippen LogP contribution in [0, 0.1) is 0 Å². The zero-order chi connectivity index (χ0) is 14.0. The molecule has 1 aliphatic rings. The smallest absolute Gasteiger partial charge is 0.407 e. The first-order valence-corrected chi connectivity index (χ1v) is 5.97. The van der Waals surface area contributed by atoms with Crippen LogP contribution in [0.1, 0.15) is 33.6 Å². The summed E-state index contributed by atoms with van der Waals surface area (Å²) in [6.45, 7) is 5.94. The molecule has 1 N–H and O–H groups in total. The highest BCUT2D eigenvalue weighted by Crippen LogP contribution is 2.29. The molecule has 6 nitrogen and oxygen atoms in total. The first-order valence-electron chi connectivity index (χ1n) is 5.97. The first kappa shape index (κ1) is 14.8. The van der Waals surface area contributed by atoms with Crippen molar-refractivity contribution in [3.8, 4) is 0 Å². The lowest BCUT2D eigenvalue weighted by Crippen LogP contribution is -2.53. The van der Waals surface area contributed by atoms with Crippen molar-refractivity contribution >= 4 is 12.1 Å². The molecular weight excluding hydrogens is 238 g/mol. The summed E-state index contributed by atoms with van der Waals surface area (Å²) in [7, 11) is 1.46. The largest absolute Gasteiger partial charge is 0.465 e. The minimum Gasteiger partial charge on any atom is -0.465 e. The van der Waals surface area contributed by atoms with E-state index in [1.54, 1.807) is 20.8 Å². The molecule has 1 saturated heterocycles. The molecule has 0 unspecified atom stereocenters. The topological polar surface area (TPSA) is 76.1 Å². The fourth-order valence-corrected chi connectivity index (χ4v) is 1.92. The van der Waals surface area contributed by atoms with Crippen molar-refractivity contribution in [3.05, 3.63) is 0 Å². The van der Waals surface area contributed by atoms with Crippen LogP contribution in [0.2, 0.25) is 0 Å². The summed E-state index contributed by atoms with van der Waals surface area (Å²) in [6, 6.07) is 0. The zero-order valence-electron chi connectivity index (χ0n) is 11.4. The van der Waals surface area contributed by atoms with Gasteiger partial charge in [-0.25, -0.2) is 9.59 Å². The number of rotatable bonds is 2. The summed E-state index contributed by atoms with van der Waals surface area (Å²) >= 11 is 0. The average molecular weight is 259 g/mol. The highest BCUT2D eigenvalue weighted by atomic mass is 16.6. The molecule has 1 rings (SSSR count). The highest BCUT2D eigenvalue weighted by Gasteiger charge is 2.45. The maximum Gasteiger partial charge on any atom is 0.407 e. The molecule has 0 aliphatic carbocycles. The second-order valence-electron chi connectivity index (χ2n) is 5.47. The maximum atomic E-state index is 12.1. The van der Waals surface area contributed by atoms with E-state index in [4.69, 9.17) is 14.6 Å². The lowest BCUT2D eigenvalue weighted by atomic mass is 9.91. The van der Waals surface area contributed by atoms with Gasteiger partial charge in [0, 0.05) is 33.0 Å². The summed E-state index contributed by atoms with van der Waals surface area (Å²) in [5.41, 5.74) is -1.59. The van der Waals surface area contributed by atoms with Crippen LogP contribution in [0.15, 0.2) is 0 Å². The van der Waals surface area contributed by atoms with Crippen LogP contribution in [-0.4, -0.2) is 53.5 Å². The number of nitrogens with zero attached hydrogens (tertiary/aromatic N) is 1. The van der Waals surface area contributed by atoms with Gasteiger partial charge in [-0.2, -0.15) is 0 Å². The van der Waals surface area contributed by atoms with Crippen LogP contribution >= 0.6 is 0 Å². The predicted molar refractivity (Wildman–Crippen MR) is 64.4 cm³/mol. The van der Waals surface area contributed by atoms with Crippen LogP contribution in [0.3, 0.4) is 0 Å². The van der Waals surface area contributed by atoms with E-state index in [1.807, 2.05) is 0 Å². The summed E-state index contributed by atoms with van der Waals surface area (Å²) in [4.78, 5) is 24.2. The normalized spacial score (nSPS) is 19.4. The van der Waals surface area contributed by atoms with Gasteiger partial charge in [-0.05, 0) is 20.8 Å².